The molecule has 5 heterocycles. The highest BCUT2D eigenvalue weighted by atomic mass is 19.1. The molecule has 94 heavy (non-hydrogen) atoms. The molecule has 2 aromatic heterocycles. The molecule has 5 aromatic rings. The Morgan fingerprint density at radius 2 is 1.56 bits per heavy atom. The maximum Gasteiger partial charge on any atom is 0.411 e. The summed E-state index contributed by atoms with van der Waals surface area (Å²) in [5.74, 6) is -6.82. The van der Waals surface area contributed by atoms with Gasteiger partial charge in [-0.2, -0.15) is 0 Å². The number of benzene rings is 3. The summed E-state index contributed by atoms with van der Waals surface area (Å²) in [6.45, 7) is 4.62. The monoisotopic (exact) mass is 1300 g/mol. The largest absolute Gasteiger partial charge is 0.458 e. The first-order chi connectivity index (χ1) is 44.8. The Hall–Kier alpha value is -9.42. The lowest BCUT2D eigenvalue weighted by Crippen LogP contribution is -2.57. The predicted octanol–water partition coefficient (Wildman–Crippen LogP) is 1.26. The van der Waals surface area contributed by atoms with Crippen LogP contribution in [0, 0.1) is 18.7 Å². The fourth-order valence-electron chi connectivity index (χ4n) is 13.2. The van der Waals surface area contributed by atoms with Gasteiger partial charge in [-0.25, -0.2) is 23.8 Å². The molecule has 3 aromatic carbocycles. The number of aromatic nitrogens is 2. The number of carbonyl (C=O) groups excluding carboxylic acids is 9. The quantitative estimate of drug-likeness (QED) is 0.0218. The third-order valence-electron chi connectivity index (χ3n) is 18.2. The van der Waals surface area contributed by atoms with Crippen LogP contribution in [0.3, 0.4) is 0 Å². The molecule has 0 saturated carbocycles. The molecule has 0 unspecified atom stereocenters. The fraction of sp³-hybridized carbons (Fsp3) is 0.462. The van der Waals surface area contributed by atoms with E-state index in [1.165, 1.54) is 22.6 Å². The minimum absolute atomic E-state index is 0.00248. The molecule has 9 atom stereocenters. The van der Waals surface area contributed by atoms with Crippen molar-refractivity contribution < 1.29 is 81.8 Å². The number of halogens is 1. The molecule has 29 heteroatoms. The molecule has 2 aliphatic carbocycles. The smallest absolute Gasteiger partial charge is 0.411 e. The lowest BCUT2D eigenvalue weighted by molar-refractivity contribution is -0.172. The van der Waals surface area contributed by atoms with Gasteiger partial charge in [0.05, 0.1) is 53.6 Å². The number of aliphatic hydroxyl groups is 3. The molecule has 0 bridgehead atoms. The van der Waals surface area contributed by atoms with E-state index in [1.807, 2.05) is 48.5 Å². The number of aryl methyl sites for hydroxylation is 1. The number of rotatable bonds is 25. The number of cyclic esters (lactones) is 1. The van der Waals surface area contributed by atoms with Gasteiger partial charge in [0, 0.05) is 55.6 Å². The molecule has 1 fully saturated rings. The van der Waals surface area contributed by atoms with E-state index in [0.717, 1.165) is 22.3 Å². The van der Waals surface area contributed by atoms with Gasteiger partial charge in [0.2, 0.25) is 29.5 Å². The molecule has 500 valence electrons. The van der Waals surface area contributed by atoms with Crippen LogP contribution in [-0.4, -0.2) is 159 Å². The van der Waals surface area contributed by atoms with Gasteiger partial charge in [-0.1, -0.05) is 69.3 Å². The molecule has 28 nitrogen and oxygen atoms in total. The van der Waals surface area contributed by atoms with Crippen molar-refractivity contribution in [2.45, 2.75) is 153 Å². The predicted molar refractivity (Wildman–Crippen MR) is 331 cm³/mol. The second kappa shape index (κ2) is 28.0. The van der Waals surface area contributed by atoms with Gasteiger partial charge in [-0.3, -0.25) is 33.6 Å². The average Bonchev–Trinajstić information content (AvgIpc) is 1.47. The number of nitrogens with zero attached hydrogens (tertiary/aromatic N) is 3. The number of hydrogen-bond acceptors (Lipinski definition) is 18. The summed E-state index contributed by atoms with van der Waals surface area (Å²) in [5, 5.41) is 48.9. The van der Waals surface area contributed by atoms with Crippen molar-refractivity contribution in [1.29, 1.82) is 0 Å². The van der Waals surface area contributed by atoms with Crippen molar-refractivity contribution in [3.63, 3.8) is 0 Å². The lowest BCUT2D eigenvalue weighted by atomic mass is 9.81. The third kappa shape index (κ3) is 13.5. The van der Waals surface area contributed by atoms with Crippen LogP contribution >= 0.6 is 0 Å². The van der Waals surface area contributed by atoms with E-state index in [2.05, 4.69) is 31.9 Å². The summed E-state index contributed by atoms with van der Waals surface area (Å²) in [6.07, 6.45) is -8.58. The Balaban J connectivity index is 0.808. The number of primary amides is 2. The topological polar surface area (TPSA) is 414 Å². The van der Waals surface area contributed by atoms with Crippen LogP contribution in [0.1, 0.15) is 122 Å². The Morgan fingerprint density at radius 1 is 0.872 bits per heavy atom. The second-order valence-electron chi connectivity index (χ2n) is 24.5. The van der Waals surface area contributed by atoms with Gasteiger partial charge in [0.25, 0.3) is 11.5 Å². The average molecular weight is 1300 g/mol. The molecule has 1 saturated heterocycles. The Morgan fingerprint density at radius 3 is 2.23 bits per heavy atom. The number of ether oxygens (including phenoxy) is 4. The zero-order valence-electron chi connectivity index (χ0n) is 52.4. The first-order valence-electron chi connectivity index (χ1n) is 31.1. The normalized spacial score (nSPS) is 20.7. The first-order valence-corrected chi connectivity index (χ1v) is 31.1. The van der Waals surface area contributed by atoms with Crippen molar-refractivity contribution in [2.75, 3.05) is 33.5 Å². The van der Waals surface area contributed by atoms with Crippen molar-refractivity contribution >= 4 is 64.4 Å². The fourth-order valence-corrected chi connectivity index (χ4v) is 13.2. The van der Waals surface area contributed by atoms with Crippen molar-refractivity contribution in [2.24, 2.45) is 17.4 Å². The van der Waals surface area contributed by atoms with Crippen LogP contribution < -0.4 is 48.9 Å². The van der Waals surface area contributed by atoms with Crippen molar-refractivity contribution in [1.82, 2.24) is 46.4 Å². The van der Waals surface area contributed by atoms with Crippen LogP contribution in [0.5, 0.6) is 0 Å². The molecule has 0 radical (unpaired) electrons. The highest BCUT2D eigenvalue weighted by Crippen LogP contribution is 2.48. The Bertz CT molecular complexity index is 3890. The van der Waals surface area contributed by atoms with Crippen LogP contribution in [-0.2, 0) is 77.7 Å². The molecule has 3 aliphatic heterocycles. The van der Waals surface area contributed by atoms with Gasteiger partial charge in [0.1, 0.15) is 56.2 Å². The molecular formula is C65H76FN11O17. The highest BCUT2D eigenvalue weighted by molar-refractivity contribution is 5.96. The number of urea groups is 1. The number of hydrogen-bond donors (Lipinski definition) is 11. The standard InChI is InChI=1S/C65H76FN11O17/c1-6-65(90)39-22-44-54-37(26-77(44)61(86)38(39)27-92-62(65)87)52-41(18-17-32-31(4)40(66)23-43(73-54)51(32)52)72-50(80)28-91-29-71-58(83)42(16-11-21-69-63(68)88)74-60(85)53(30(2)3)75-59(84)45(19-20-49(79)70-25-47-57(82)56(81)46(93-47)24-48(67)78)94-64(89)76(5)55-35-14-9-7-12-33(35)34-13-8-10-15-36(34)55/h7-10,12-15,22-23,30,41-42,45-47,53,55-57,81-82,90H,6,11,16-21,24-29H2,1-5H3,(H2,67,78)(H,70,79)(H,71,83)(H,72,80)(H,74,85)(H,75,84)(H3,68,69,88)/t41-,42-,45-,46-,47+,53-,56-,57+,65-/m0/s1. The van der Waals surface area contributed by atoms with Gasteiger partial charge in [-0.05, 0) is 90.0 Å². The van der Waals surface area contributed by atoms with Gasteiger partial charge in [0.15, 0.2) is 11.7 Å². The molecular weight excluding hydrogens is 1230 g/mol. The van der Waals surface area contributed by atoms with Crippen LogP contribution in [0.4, 0.5) is 14.0 Å². The molecule has 10 rings (SSSR count). The number of esters is 1. The summed E-state index contributed by atoms with van der Waals surface area (Å²) in [5.41, 5.74) is 14.6. The maximum absolute atomic E-state index is 15.6. The Kier molecular flexibility index (Phi) is 20.1. The van der Waals surface area contributed by atoms with Gasteiger partial charge < -0.3 is 87.1 Å². The van der Waals surface area contributed by atoms with E-state index in [0.29, 0.717) is 51.9 Å². The second-order valence-corrected chi connectivity index (χ2v) is 24.5. The number of aliphatic hydroxyl groups excluding tert-OH is 2. The SMILES string of the molecule is CC[C@@]1(O)C(=O)OCc2c1cc1n(c2=O)Cc2c-1nc1cc(F)c(C)c3c1c2[C@@H](NC(=O)COCNC(=O)[C@H](CCCNC(N)=O)NC(=O)[C@@H](NC(=O)[C@H](CCC(=O)NC[C@H]1O[C@@H](CC(N)=O)[C@H](O)[C@@H]1O)OC(=O)N(C)C1c2ccccc2-c2ccccc21)C(C)C)CC3. The van der Waals surface area contributed by atoms with Crippen molar-refractivity contribution in [3.8, 4) is 22.5 Å². The zero-order chi connectivity index (χ0) is 67.6. The van der Waals surface area contributed by atoms with E-state index >= 15 is 4.39 Å². The van der Waals surface area contributed by atoms with Crippen molar-refractivity contribution in [3.05, 3.63) is 121 Å². The van der Waals surface area contributed by atoms with Gasteiger partial charge >= 0.3 is 18.1 Å². The van der Waals surface area contributed by atoms with E-state index in [1.54, 1.807) is 33.8 Å². The maximum atomic E-state index is 15.6. The summed E-state index contributed by atoms with van der Waals surface area (Å²) in [4.78, 5) is 141. The van der Waals surface area contributed by atoms with E-state index < -0.39 is 157 Å². The number of fused-ring (bicyclic) bond motifs is 8. The van der Waals surface area contributed by atoms with E-state index in [9.17, 15) is 63.3 Å². The molecule has 5 aliphatic rings. The highest BCUT2D eigenvalue weighted by Gasteiger charge is 2.47. The minimum atomic E-state index is -2.09. The summed E-state index contributed by atoms with van der Waals surface area (Å²) >= 11 is 0. The number of amides is 9. The lowest BCUT2D eigenvalue weighted by Gasteiger charge is -2.31. The summed E-state index contributed by atoms with van der Waals surface area (Å²) < 4.78 is 39.4. The first kappa shape index (κ1) is 67.5. The van der Waals surface area contributed by atoms with E-state index in [-0.39, 0.29) is 68.6 Å². The van der Waals surface area contributed by atoms with Crippen LogP contribution in [0.25, 0.3) is 33.4 Å². The molecule has 9 amide bonds. The van der Waals surface area contributed by atoms with Gasteiger partial charge in [-0.15, -0.1) is 0 Å². The van der Waals surface area contributed by atoms with Crippen LogP contribution in [0.15, 0.2) is 65.5 Å². The molecule has 0 spiro atoms. The minimum Gasteiger partial charge on any atom is -0.458 e. The number of nitrogens with one attached hydrogen (secondary N) is 6. The van der Waals surface area contributed by atoms with E-state index in [4.69, 9.17) is 35.4 Å². The zero-order valence-corrected chi connectivity index (χ0v) is 52.4. The Labute approximate surface area is 537 Å². The number of pyridine rings is 2. The summed E-state index contributed by atoms with van der Waals surface area (Å²) in [6, 6.07) is 12.8. The van der Waals surface area contributed by atoms with Crippen LogP contribution in [0.2, 0.25) is 0 Å². The number of nitrogens with two attached hydrogens (primary N) is 2. The summed E-state index contributed by atoms with van der Waals surface area (Å²) in [7, 11) is 1.50. The number of carbonyl (C=O) groups is 9. The molecule has 13 N–H and O–H groups in total. The third-order valence-corrected chi connectivity index (χ3v) is 18.2.